The van der Waals surface area contributed by atoms with Gasteiger partial charge in [-0.2, -0.15) is 0 Å². The van der Waals surface area contributed by atoms with Gasteiger partial charge in [-0.25, -0.2) is 0 Å². The highest BCUT2D eigenvalue weighted by molar-refractivity contribution is 7.12. The Bertz CT molecular complexity index is 904. The van der Waals surface area contributed by atoms with E-state index in [0.717, 1.165) is 33.9 Å². The van der Waals surface area contributed by atoms with Gasteiger partial charge in [0.25, 0.3) is 5.91 Å². The Morgan fingerprint density at radius 3 is 2.45 bits per heavy atom. The number of carbonyl (C=O) groups is 1. The zero-order valence-corrected chi connectivity index (χ0v) is 17.9. The number of hydrogen-bond acceptors (Lipinski definition) is 4. The van der Waals surface area contributed by atoms with Gasteiger partial charge in [-0.15, -0.1) is 11.3 Å². The lowest BCUT2D eigenvalue weighted by molar-refractivity contribution is 0.0957. The van der Waals surface area contributed by atoms with Gasteiger partial charge in [0.15, 0.2) is 0 Å². The van der Waals surface area contributed by atoms with Gasteiger partial charge in [0.1, 0.15) is 11.5 Å². The Hall–Kier alpha value is -2.79. The minimum atomic E-state index is -0.0283. The summed E-state index contributed by atoms with van der Waals surface area (Å²) in [7, 11) is 1.69. The van der Waals surface area contributed by atoms with Crippen LogP contribution in [0.2, 0.25) is 0 Å². The van der Waals surface area contributed by atoms with E-state index in [1.165, 1.54) is 11.3 Å². The summed E-state index contributed by atoms with van der Waals surface area (Å²) < 4.78 is 11.4. The average Bonchev–Trinajstić information content (AvgIpc) is 3.26. The quantitative estimate of drug-likeness (QED) is 0.508. The molecule has 0 saturated carbocycles. The lowest BCUT2D eigenvalue weighted by atomic mass is 9.88. The van der Waals surface area contributed by atoms with Crippen LogP contribution in [0, 0.1) is 0 Å². The maximum absolute atomic E-state index is 12.3. The number of nitrogens with one attached hydrogen (secondary N) is 1. The fourth-order valence-electron chi connectivity index (χ4n) is 3.33. The first-order valence-corrected chi connectivity index (χ1v) is 10.7. The van der Waals surface area contributed by atoms with E-state index in [1.54, 1.807) is 7.11 Å². The van der Waals surface area contributed by atoms with Crippen LogP contribution in [0.4, 0.5) is 0 Å². The largest absolute Gasteiger partial charge is 0.496 e. The monoisotopic (exact) mass is 409 g/mol. The van der Waals surface area contributed by atoms with Crippen LogP contribution in [-0.4, -0.2) is 25.7 Å². The van der Waals surface area contributed by atoms with E-state index in [1.807, 2.05) is 61.7 Å². The van der Waals surface area contributed by atoms with Gasteiger partial charge in [0, 0.05) is 18.0 Å². The van der Waals surface area contributed by atoms with E-state index >= 15 is 0 Å². The molecule has 1 heterocycles. The number of rotatable bonds is 9. The first-order valence-electron chi connectivity index (χ1n) is 9.79. The zero-order chi connectivity index (χ0) is 20.6. The number of para-hydroxylation sites is 1. The maximum atomic E-state index is 12.3. The Morgan fingerprint density at radius 1 is 1.03 bits per heavy atom. The summed E-state index contributed by atoms with van der Waals surface area (Å²) in [4.78, 5) is 13.0. The molecule has 3 rings (SSSR count). The van der Waals surface area contributed by atoms with Crippen molar-refractivity contribution in [3.63, 3.8) is 0 Å². The summed E-state index contributed by atoms with van der Waals surface area (Å²) in [5.41, 5.74) is 2.27. The number of amides is 1. The molecule has 3 aromatic rings. The fourth-order valence-corrected chi connectivity index (χ4v) is 3.97. The van der Waals surface area contributed by atoms with Crippen molar-refractivity contribution in [3.05, 3.63) is 82.0 Å². The third-order valence-corrected chi connectivity index (χ3v) is 5.50. The maximum Gasteiger partial charge on any atom is 0.261 e. The molecule has 0 aliphatic rings. The number of carbonyl (C=O) groups excluding carboxylic acids is 1. The van der Waals surface area contributed by atoms with Crippen LogP contribution < -0.4 is 14.8 Å². The lowest BCUT2D eigenvalue weighted by Crippen LogP contribution is -2.25. The Labute approximate surface area is 176 Å². The van der Waals surface area contributed by atoms with Crippen molar-refractivity contribution in [2.24, 2.45) is 0 Å². The summed E-state index contributed by atoms with van der Waals surface area (Å²) in [5.74, 6) is 1.78. The predicted molar refractivity (Wildman–Crippen MR) is 118 cm³/mol. The normalized spacial score (nSPS) is 11.9. The van der Waals surface area contributed by atoms with Gasteiger partial charge >= 0.3 is 0 Å². The first kappa shape index (κ1) is 20.9. The predicted octanol–water partition coefficient (Wildman–Crippen LogP) is 5.50. The van der Waals surface area contributed by atoms with Crippen LogP contribution in [0.25, 0.3) is 0 Å². The average molecular weight is 410 g/mol. The van der Waals surface area contributed by atoms with Gasteiger partial charge in [-0.3, -0.25) is 4.79 Å². The van der Waals surface area contributed by atoms with Crippen LogP contribution in [0.3, 0.4) is 0 Å². The molecule has 1 amide bonds. The standard InChI is InChI=1S/C24H27NO3S/c1-17(2)28-19-12-10-18(11-13-19)20(21-7-4-5-8-22(21)27-3)14-15-25-24(26)23-9-6-16-29-23/h4-13,16-17,20H,14-15H2,1-3H3,(H,25,26). The van der Waals surface area contributed by atoms with E-state index < -0.39 is 0 Å². The van der Waals surface area contributed by atoms with Gasteiger partial charge in [0.2, 0.25) is 0 Å². The molecule has 1 aromatic heterocycles. The minimum absolute atomic E-state index is 0.0283. The van der Waals surface area contributed by atoms with E-state index in [9.17, 15) is 4.79 Å². The topological polar surface area (TPSA) is 47.6 Å². The summed E-state index contributed by atoms with van der Waals surface area (Å²) >= 11 is 1.45. The highest BCUT2D eigenvalue weighted by Crippen LogP contribution is 2.35. The number of hydrogen-bond donors (Lipinski definition) is 1. The smallest absolute Gasteiger partial charge is 0.261 e. The van der Waals surface area contributed by atoms with Gasteiger partial charge in [-0.05, 0) is 55.5 Å². The minimum Gasteiger partial charge on any atom is -0.496 e. The van der Waals surface area contributed by atoms with E-state index in [2.05, 4.69) is 23.5 Å². The van der Waals surface area contributed by atoms with Crippen molar-refractivity contribution in [1.82, 2.24) is 5.32 Å². The Kier molecular flexibility index (Phi) is 7.30. The number of thiophene rings is 1. The summed E-state index contributed by atoms with van der Waals surface area (Å²) in [5, 5.41) is 4.95. The molecule has 0 fully saturated rings. The van der Waals surface area contributed by atoms with Crippen LogP contribution >= 0.6 is 11.3 Å². The second kappa shape index (κ2) is 10.1. The summed E-state index contributed by atoms with van der Waals surface area (Å²) in [6.45, 7) is 4.60. The van der Waals surface area contributed by atoms with Crippen molar-refractivity contribution < 1.29 is 14.3 Å². The third-order valence-electron chi connectivity index (χ3n) is 4.63. The highest BCUT2D eigenvalue weighted by Gasteiger charge is 2.19. The molecule has 1 atom stereocenters. The molecule has 1 unspecified atom stereocenters. The van der Waals surface area contributed by atoms with Crippen LogP contribution in [0.1, 0.15) is 47.0 Å². The molecular formula is C24H27NO3S. The molecular weight excluding hydrogens is 382 g/mol. The second-order valence-electron chi connectivity index (χ2n) is 7.05. The molecule has 0 spiro atoms. The Balaban J connectivity index is 1.79. The van der Waals surface area contributed by atoms with Gasteiger partial charge in [0.05, 0.1) is 18.1 Å². The lowest BCUT2D eigenvalue weighted by Gasteiger charge is -2.21. The number of methoxy groups -OCH3 is 1. The molecule has 0 aliphatic carbocycles. The highest BCUT2D eigenvalue weighted by atomic mass is 32.1. The van der Waals surface area contributed by atoms with Crippen molar-refractivity contribution >= 4 is 17.2 Å². The molecule has 0 bridgehead atoms. The number of ether oxygens (including phenoxy) is 2. The first-order chi connectivity index (χ1) is 14.1. The van der Waals surface area contributed by atoms with Crippen LogP contribution in [-0.2, 0) is 0 Å². The van der Waals surface area contributed by atoms with Gasteiger partial charge < -0.3 is 14.8 Å². The molecule has 4 nitrogen and oxygen atoms in total. The van der Waals surface area contributed by atoms with E-state index in [0.29, 0.717) is 6.54 Å². The third kappa shape index (κ3) is 5.61. The molecule has 1 N–H and O–H groups in total. The van der Waals surface area contributed by atoms with Gasteiger partial charge in [-0.1, -0.05) is 36.4 Å². The number of benzene rings is 2. The molecule has 29 heavy (non-hydrogen) atoms. The molecule has 152 valence electrons. The van der Waals surface area contributed by atoms with E-state index in [-0.39, 0.29) is 17.9 Å². The molecule has 0 aliphatic heterocycles. The van der Waals surface area contributed by atoms with E-state index in [4.69, 9.17) is 9.47 Å². The summed E-state index contributed by atoms with van der Waals surface area (Å²) in [6, 6.07) is 20.0. The summed E-state index contributed by atoms with van der Waals surface area (Å²) in [6.07, 6.45) is 0.903. The van der Waals surface area contributed by atoms with Crippen molar-refractivity contribution in [3.8, 4) is 11.5 Å². The molecule has 0 radical (unpaired) electrons. The molecule has 0 saturated heterocycles. The Morgan fingerprint density at radius 2 is 1.79 bits per heavy atom. The van der Waals surface area contributed by atoms with Crippen molar-refractivity contribution in [1.29, 1.82) is 0 Å². The molecule has 2 aromatic carbocycles. The van der Waals surface area contributed by atoms with Crippen LogP contribution in [0.5, 0.6) is 11.5 Å². The fraction of sp³-hybridized carbons (Fsp3) is 0.292. The zero-order valence-electron chi connectivity index (χ0n) is 17.1. The van der Waals surface area contributed by atoms with Crippen molar-refractivity contribution in [2.45, 2.75) is 32.3 Å². The van der Waals surface area contributed by atoms with Crippen LogP contribution in [0.15, 0.2) is 66.0 Å². The van der Waals surface area contributed by atoms with Crippen molar-refractivity contribution in [2.75, 3.05) is 13.7 Å². The SMILES string of the molecule is COc1ccccc1C(CCNC(=O)c1cccs1)c1ccc(OC(C)C)cc1. The molecule has 5 heteroatoms. The second-order valence-corrected chi connectivity index (χ2v) is 8.00.